The van der Waals surface area contributed by atoms with Gasteiger partial charge in [0, 0.05) is 16.3 Å². The Balaban J connectivity index is 1.94. The third-order valence-corrected chi connectivity index (χ3v) is 5.67. The van der Waals surface area contributed by atoms with E-state index in [2.05, 4.69) is 0 Å². The second kappa shape index (κ2) is 8.65. The van der Waals surface area contributed by atoms with Crippen LogP contribution in [0.15, 0.2) is 72.3 Å². The highest BCUT2D eigenvalue weighted by Crippen LogP contribution is 2.43. The Morgan fingerprint density at radius 1 is 1.03 bits per heavy atom. The Morgan fingerprint density at radius 2 is 1.75 bits per heavy atom. The molecule has 4 rings (SSSR count). The standard InChI is InChI=1S/C24H16Cl2FNO4/c1-32-19-10-9-17(12-18(19)26)28-21(13-5-7-16(27)8-6-13)20(23(30)24(28)31)22(29)14-3-2-4-15(25)11-14/h2-12,21,29H,1H3/b22-20+. The Morgan fingerprint density at radius 3 is 2.38 bits per heavy atom. The average molecular weight is 472 g/mol. The number of hydrogen-bond acceptors (Lipinski definition) is 4. The average Bonchev–Trinajstić information content (AvgIpc) is 3.04. The van der Waals surface area contributed by atoms with Crippen molar-refractivity contribution in [2.45, 2.75) is 6.04 Å². The Hall–Kier alpha value is -3.35. The highest BCUT2D eigenvalue weighted by molar-refractivity contribution is 6.52. The predicted octanol–water partition coefficient (Wildman–Crippen LogP) is 5.77. The van der Waals surface area contributed by atoms with E-state index in [0.29, 0.717) is 22.0 Å². The number of benzene rings is 3. The van der Waals surface area contributed by atoms with E-state index >= 15 is 0 Å². The van der Waals surface area contributed by atoms with Gasteiger partial charge in [-0.3, -0.25) is 14.5 Å². The second-order valence-electron chi connectivity index (χ2n) is 7.05. The molecule has 1 atom stereocenters. The van der Waals surface area contributed by atoms with Crippen molar-refractivity contribution >= 4 is 46.3 Å². The minimum absolute atomic E-state index is 0.143. The van der Waals surface area contributed by atoms with Gasteiger partial charge in [-0.15, -0.1) is 0 Å². The van der Waals surface area contributed by atoms with E-state index in [1.165, 1.54) is 48.4 Å². The van der Waals surface area contributed by atoms with E-state index in [0.717, 1.165) is 0 Å². The lowest BCUT2D eigenvalue weighted by Gasteiger charge is -2.26. The molecule has 8 heteroatoms. The summed E-state index contributed by atoms with van der Waals surface area (Å²) in [6.07, 6.45) is 0. The quantitative estimate of drug-likeness (QED) is 0.298. The number of methoxy groups -OCH3 is 1. The van der Waals surface area contributed by atoms with Gasteiger partial charge in [0.2, 0.25) is 0 Å². The third-order valence-electron chi connectivity index (χ3n) is 5.14. The molecule has 1 aliphatic heterocycles. The molecule has 3 aromatic rings. The molecular formula is C24H16Cl2FNO4. The van der Waals surface area contributed by atoms with Crippen LogP contribution in [0.25, 0.3) is 5.76 Å². The zero-order valence-corrected chi connectivity index (χ0v) is 18.2. The molecule has 1 saturated heterocycles. The van der Waals surface area contributed by atoms with Crippen LogP contribution in [-0.2, 0) is 9.59 Å². The number of hydrogen-bond donors (Lipinski definition) is 1. The molecular weight excluding hydrogens is 456 g/mol. The van der Waals surface area contributed by atoms with Gasteiger partial charge in [-0.25, -0.2) is 4.39 Å². The Kier molecular flexibility index (Phi) is 5.91. The largest absolute Gasteiger partial charge is 0.507 e. The van der Waals surface area contributed by atoms with Crippen molar-refractivity contribution in [2.75, 3.05) is 12.0 Å². The summed E-state index contributed by atoms with van der Waals surface area (Å²) in [7, 11) is 1.45. The molecule has 0 spiro atoms. The maximum absolute atomic E-state index is 13.6. The monoisotopic (exact) mass is 471 g/mol. The molecule has 5 nitrogen and oxygen atoms in total. The number of ketones is 1. The van der Waals surface area contributed by atoms with Gasteiger partial charge in [0.25, 0.3) is 11.7 Å². The lowest BCUT2D eigenvalue weighted by atomic mass is 9.95. The van der Waals surface area contributed by atoms with Crippen LogP contribution in [0.3, 0.4) is 0 Å². The molecule has 3 aromatic carbocycles. The van der Waals surface area contributed by atoms with Crippen LogP contribution in [0.1, 0.15) is 17.2 Å². The Labute approximate surface area is 193 Å². The van der Waals surface area contributed by atoms with E-state index in [1.807, 2.05) is 0 Å². The number of ether oxygens (including phenoxy) is 1. The summed E-state index contributed by atoms with van der Waals surface area (Å²) in [5, 5.41) is 11.6. The fraction of sp³-hybridized carbons (Fsp3) is 0.0833. The number of amides is 1. The third kappa shape index (κ3) is 3.83. The molecule has 1 amide bonds. The molecule has 0 aliphatic carbocycles. The minimum atomic E-state index is -1.01. The topological polar surface area (TPSA) is 66.8 Å². The fourth-order valence-electron chi connectivity index (χ4n) is 3.66. The molecule has 1 N–H and O–H groups in total. The molecule has 162 valence electrons. The first kappa shape index (κ1) is 21.9. The zero-order valence-electron chi connectivity index (χ0n) is 16.7. The molecule has 32 heavy (non-hydrogen) atoms. The smallest absolute Gasteiger partial charge is 0.300 e. The summed E-state index contributed by atoms with van der Waals surface area (Å²) in [4.78, 5) is 27.4. The number of carbonyl (C=O) groups excluding carboxylic acids is 2. The van der Waals surface area contributed by atoms with Crippen LogP contribution in [0.2, 0.25) is 10.0 Å². The fourth-order valence-corrected chi connectivity index (χ4v) is 4.10. The molecule has 0 aromatic heterocycles. The van der Waals surface area contributed by atoms with Crippen molar-refractivity contribution in [3.63, 3.8) is 0 Å². The highest BCUT2D eigenvalue weighted by Gasteiger charge is 2.47. The number of aliphatic hydroxyl groups excluding tert-OH is 1. The molecule has 0 saturated carbocycles. The lowest BCUT2D eigenvalue weighted by Crippen LogP contribution is -2.29. The predicted molar refractivity (Wildman–Crippen MR) is 121 cm³/mol. The summed E-state index contributed by atoms with van der Waals surface area (Å²) in [5.41, 5.74) is 0.879. The van der Waals surface area contributed by atoms with Crippen molar-refractivity contribution in [2.24, 2.45) is 0 Å². The first-order chi connectivity index (χ1) is 15.3. The van der Waals surface area contributed by atoms with Crippen LogP contribution in [0.5, 0.6) is 5.75 Å². The highest BCUT2D eigenvalue weighted by atomic mass is 35.5. The Bertz CT molecular complexity index is 1260. The van der Waals surface area contributed by atoms with Crippen LogP contribution < -0.4 is 9.64 Å². The van der Waals surface area contributed by atoms with Gasteiger partial charge in [-0.05, 0) is 48.0 Å². The van der Waals surface area contributed by atoms with Gasteiger partial charge in [0.1, 0.15) is 17.3 Å². The molecule has 0 bridgehead atoms. The minimum Gasteiger partial charge on any atom is -0.507 e. The summed E-state index contributed by atoms with van der Waals surface area (Å²) in [6, 6.07) is 15.2. The summed E-state index contributed by atoms with van der Waals surface area (Å²) < 4.78 is 18.8. The van der Waals surface area contributed by atoms with E-state index in [9.17, 15) is 19.1 Å². The van der Waals surface area contributed by atoms with E-state index in [4.69, 9.17) is 27.9 Å². The number of Topliss-reactive ketones (excluding diaryl/α,β-unsaturated/α-hetero) is 1. The van der Waals surface area contributed by atoms with Crippen LogP contribution in [0.4, 0.5) is 10.1 Å². The number of anilines is 1. The SMILES string of the molecule is COc1ccc(N2C(=O)C(=O)/C(=C(/O)c3cccc(Cl)c3)C2c2ccc(F)cc2)cc1Cl. The first-order valence-corrected chi connectivity index (χ1v) is 10.2. The van der Waals surface area contributed by atoms with Gasteiger partial charge < -0.3 is 9.84 Å². The first-order valence-electron chi connectivity index (χ1n) is 9.47. The van der Waals surface area contributed by atoms with Gasteiger partial charge in [-0.2, -0.15) is 0 Å². The van der Waals surface area contributed by atoms with Crippen molar-refractivity contribution in [1.82, 2.24) is 0 Å². The number of halogens is 3. The van der Waals surface area contributed by atoms with Crippen molar-refractivity contribution in [3.05, 3.63) is 99.3 Å². The summed E-state index contributed by atoms with van der Waals surface area (Å²) >= 11 is 12.3. The second-order valence-corrected chi connectivity index (χ2v) is 7.89. The maximum atomic E-state index is 13.6. The van der Waals surface area contributed by atoms with Gasteiger partial charge in [-0.1, -0.05) is 47.5 Å². The van der Waals surface area contributed by atoms with Crippen molar-refractivity contribution in [3.8, 4) is 5.75 Å². The maximum Gasteiger partial charge on any atom is 0.300 e. The zero-order chi connectivity index (χ0) is 23.0. The molecule has 0 radical (unpaired) electrons. The summed E-state index contributed by atoms with van der Waals surface area (Å²) in [6.45, 7) is 0. The van der Waals surface area contributed by atoms with E-state index < -0.39 is 23.5 Å². The van der Waals surface area contributed by atoms with E-state index in [-0.39, 0.29) is 21.9 Å². The number of nitrogens with zero attached hydrogens (tertiary/aromatic N) is 1. The normalized spacial score (nSPS) is 17.6. The van der Waals surface area contributed by atoms with Crippen LogP contribution in [0, 0.1) is 5.82 Å². The number of aliphatic hydroxyl groups is 1. The molecule has 1 aliphatic rings. The van der Waals surface area contributed by atoms with Crippen molar-refractivity contribution < 1.29 is 23.8 Å². The van der Waals surface area contributed by atoms with Crippen molar-refractivity contribution in [1.29, 1.82) is 0 Å². The van der Waals surface area contributed by atoms with Gasteiger partial charge in [0.15, 0.2) is 0 Å². The van der Waals surface area contributed by atoms with Crippen LogP contribution in [-0.4, -0.2) is 23.9 Å². The van der Waals surface area contributed by atoms with E-state index in [1.54, 1.807) is 30.3 Å². The molecule has 1 heterocycles. The van der Waals surface area contributed by atoms with Gasteiger partial charge >= 0.3 is 0 Å². The summed E-state index contributed by atoms with van der Waals surface area (Å²) in [5.74, 6) is -2.22. The van der Waals surface area contributed by atoms with Crippen LogP contribution >= 0.6 is 23.2 Å². The number of carbonyl (C=O) groups is 2. The van der Waals surface area contributed by atoms with Gasteiger partial charge in [0.05, 0.1) is 23.7 Å². The molecule has 1 unspecified atom stereocenters. The lowest BCUT2D eigenvalue weighted by molar-refractivity contribution is -0.132. The number of rotatable bonds is 4. The molecule has 1 fully saturated rings.